The Labute approximate surface area is 358 Å². The third-order valence-corrected chi connectivity index (χ3v) is 10.8. The summed E-state index contributed by atoms with van der Waals surface area (Å²) < 4.78 is 8.21. The first-order valence-electron chi connectivity index (χ1n) is 17.6. The summed E-state index contributed by atoms with van der Waals surface area (Å²) in [5.41, 5.74) is 5.28. The first-order valence-corrected chi connectivity index (χ1v) is 19.8. The lowest BCUT2D eigenvalue weighted by Gasteiger charge is -2.16. The highest BCUT2D eigenvalue weighted by Gasteiger charge is 2.28. The molecule has 0 saturated carbocycles. The summed E-state index contributed by atoms with van der Waals surface area (Å²) in [4.78, 5) is 40.3. The number of hydrogen-bond acceptors (Lipinski definition) is 6. The molecule has 10 nitrogen and oxygen atoms in total. The van der Waals surface area contributed by atoms with Crippen LogP contribution >= 0.6 is 69.6 Å². The van der Waals surface area contributed by atoms with Crippen molar-refractivity contribution in [1.82, 2.24) is 30.2 Å². The number of nitrogens with zero attached hydrogens (tertiary/aromatic N) is 4. The Bertz CT molecular complexity index is 2470. The van der Waals surface area contributed by atoms with E-state index < -0.39 is 23.8 Å². The van der Waals surface area contributed by atoms with Gasteiger partial charge in [-0.1, -0.05) is 93.9 Å². The predicted molar refractivity (Wildman–Crippen MR) is 227 cm³/mol. The van der Waals surface area contributed by atoms with Gasteiger partial charge < -0.3 is 15.4 Å². The van der Waals surface area contributed by atoms with Gasteiger partial charge >= 0.3 is 5.97 Å². The van der Waals surface area contributed by atoms with E-state index in [0.717, 1.165) is 11.1 Å². The Hall–Kier alpha value is -4.55. The molecule has 4 aromatic carbocycles. The molecule has 0 bridgehead atoms. The number of ether oxygens (including phenoxy) is 1. The third kappa shape index (κ3) is 9.44. The number of halogens is 6. The second-order valence-electron chi connectivity index (χ2n) is 13.0. The quantitative estimate of drug-likeness (QED) is 0.0880. The fraction of sp³-hybridized carbons (Fsp3) is 0.195. The van der Waals surface area contributed by atoms with Crippen LogP contribution in [0.25, 0.3) is 33.9 Å². The van der Waals surface area contributed by atoms with E-state index in [-0.39, 0.29) is 24.4 Å². The van der Waals surface area contributed by atoms with Crippen LogP contribution in [-0.2, 0) is 9.53 Å². The maximum Gasteiger partial charge on any atom is 0.328 e. The van der Waals surface area contributed by atoms with Crippen LogP contribution in [-0.4, -0.2) is 57.0 Å². The predicted octanol–water partition coefficient (Wildman–Crippen LogP) is 10.8. The fourth-order valence-electron chi connectivity index (χ4n) is 6.35. The molecule has 0 unspecified atom stereocenters. The zero-order valence-corrected chi connectivity index (χ0v) is 35.2. The maximum atomic E-state index is 13.8. The molecule has 0 spiro atoms. The molecule has 16 heteroatoms. The van der Waals surface area contributed by atoms with Crippen LogP contribution < -0.4 is 10.6 Å². The zero-order valence-electron chi connectivity index (χ0n) is 30.7. The second kappa shape index (κ2) is 18.4. The van der Waals surface area contributed by atoms with Crippen LogP contribution in [0.4, 0.5) is 0 Å². The van der Waals surface area contributed by atoms with Crippen molar-refractivity contribution in [1.29, 1.82) is 0 Å². The van der Waals surface area contributed by atoms with Crippen LogP contribution in [0.1, 0.15) is 51.4 Å². The number of aromatic nitrogens is 4. The van der Waals surface area contributed by atoms with E-state index in [4.69, 9.17) is 74.3 Å². The van der Waals surface area contributed by atoms with Crippen LogP contribution in [0.5, 0.6) is 0 Å². The van der Waals surface area contributed by atoms with Gasteiger partial charge in [0.25, 0.3) is 11.8 Å². The number of hydrogen-bond donors (Lipinski definition) is 2. The summed E-state index contributed by atoms with van der Waals surface area (Å²) in [5, 5.41) is 17.7. The highest BCUT2D eigenvalue weighted by Crippen LogP contribution is 2.35. The zero-order chi connectivity index (χ0) is 41.0. The number of amides is 2. The molecule has 2 N–H and O–H groups in total. The van der Waals surface area contributed by atoms with Gasteiger partial charge in [0.2, 0.25) is 0 Å². The highest BCUT2D eigenvalue weighted by atomic mass is 35.5. The van der Waals surface area contributed by atoms with Crippen molar-refractivity contribution in [3.8, 4) is 33.9 Å². The minimum atomic E-state index is -0.996. The Morgan fingerprint density at radius 3 is 1.51 bits per heavy atom. The molecule has 1 atom stereocenters. The number of carbonyl (C=O) groups is 3. The molecule has 0 fully saturated rings. The number of esters is 1. The van der Waals surface area contributed by atoms with Gasteiger partial charge in [-0.3, -0.25) is 9.59 Å². The van der Waals surface area contributed by atoms with Crippen molar-refractivity contribution in [3.63, 3.8) is 0 Å². The van der Waals surface area contributed by atoms with E-state index in [2.05, 4.69) is 20.8 Å². The Balaban J connectivity index is 1.16. The number of nitrogens with one attached hydrogen (secondary N) is 2. The van der Waals surface area contributed by atoms with Gasteiger partial charge in [0, 0.05) is 48.9 Å². The van der Waals surface area contributed by atoms with E-state index in [0.29, 0.717) is 76.9 Å². The van der Waals surface area contributed by atoms with Crippen molar-refractivity contribution in [2.24, 2.45) is 0 Å². The van der Waals surface area contributed by atoms with Gasteiger partial charge in [-0.25, -0.2) is 14.2 Å². The fourth-order valence-corrected chi connectivity index (χ4v) is 7.58. The van der Waals surface area contributed by atoms with E-state index in [1.807, 2.05) is 31.2 Å². The van der Waals surface area contributed by atoms with Crippen LogP contribution in [0.2, 0.25) is 30.1 Å². The van der Waals surface area contributed by atoms with Crippen LogP contribution in [0.15, 0.2) is 84.9 Å². The van der Waals surface area contributed by atoms with Crippen LogP contribution in [0.3, 0.4) is 0 Å². The highest BCUT2D eigenvalue weighted by molar-refractivity contribution is 6.36. The van der Waals surface area contributed by atoms with Gasteiger partial charge in [0.05, 0.1) is 39.9 Å². The normalized spacial score (nSPS) is 11.7. The summed E-state index contributed by atoms with van der Waals surface area (Å²) in [5.74, 6) is -1.61. The van der Waals surface area contributed by atoms with Crippen molar-refractivity contribution >= 4 is 87.4 Å². The van der Waals surface area contributed by atoms with Crippen LogP contribution in [0, 0.1) is 13.8 Å². The largest absolute Gasteiger partial charge is 0.467 e. The van der Waals surface area contributed by atoms with Gasteiger partial charge in [-0.15, -0.1) is 0 Å². The first-order chi connectivity index (χ1) is 27.3. The maximum absolute atomic E-state index is 13.8. The minimum Gasteiger partial charge on any atom is -0.467 e. The Kier molecular flexibility index (Phi) is 13.6. The third-order valence-electron chi connectivity index (χ3n) is 9.18. The number of rotatable bonds is 13. The summed E-state index contributed by atoms with van der Waals surface area (Å²) in [6.45, 7) is 3.83. The molecular weight excluding hydrogens is 853 g/mol. The summed E-state index contributed by atoms with van der Waals surface area (Å²) in [6.07, 6.45) is 1.16. The molecule has 0 aliphatic carbocycles. The molecule has 0 aliphatic rings. The van der Waals surface area contributed by atoms with Crippen molar-refractivity contribution in [2.75, 3.05) is 13.7 Å². The molecule has 294 valence electrons. The van der Waals surface area contributed by atoms with Gasteiger partial charge in [0.15, 0.2) is 11.4 Å². The molecule has 0 saturated heterocycles. The lowest BCUT2D eigenvalue weighted by atomic mass is 10.1. The molecule has 0 radical (unpaired) electrons. The lowest BCUT2D eigenvalue weighted by Crippen LogP contribution is -2.42. The monoisotopic (exact) mass is 884 g/mol. The average Bonchev–Trinajstić information content (AvgIpc) is 3.70. The van der Waals surface area contributed by atoms with Gasteiger partial charge in [-0.05, 0) is 93.8 Å². The standard InChI is InChI=1S/C41H34Cl6N6O4/c1-22-35(50-52(33-17-15-28(44)20-30(33)46)37(22)24-7-11-26(42)12-8-24)39(54)48-19-5-4-6-32(41(56)57-3)49-40(55)36-23(2)38(25-9-13-27(43)14-10-25)53(51-36)34-18-16-29(45)21-31(34)47/h7-18,20-21,32H,4-6,19H2,1-3H3,(H,48,54)(H,49,55)/t32-/m1/s1. The molecule has 6 rings (SSSR count). The molecule has 57 heavy (non-hydrogen) atoms. The number of unbranched alkanes of at least 4 members (excludes halogenated alkanes) is 1. The lowest BCUT2D eigenvalue weighted by molar-refractivity contribution is -0.143. The Morgan fingerprint density at radius 2 is 1.07 bits per heavy atom. The van der Waals surface area contributed by atoms with Crippen molar-refractivity contribution in [2.45, 2.75) is 39.2 Å². The topological polar surface area (TPSA) is 120 Å². The first kappa shape index (κ1) is 42.1. The number of carbonyl (C=O) groups excluding carboxylic acids is 3. The SMILES string of the molecule is COC(=O)[C@@H](CCCCNC(=O)c1nn(-c2ccc(Cl)cc2Cl)c(-c2ccc(Cl)cc2)c1C)NC(=O)c1nn(-c2ccc(Cl)cc2Cl)c(-c2ccc(Cl)cc2)c1C. The van der Waals surface area contributed by atoms with Crippen molar-refractivity contribution < 1.29 is 19.1 Å². The van der Waals surface area contributed by atoms with Crippen molar-refractivity contribution in [3.05, 3.63) is 138 Å². The van der Waals surface area contributed by atoms with E-state index in [1.54, 1.807) is 77.0 Å². The number of methoxy groups -OCH3 is 1. The molecule has 2 aromatic heterocycles. The summed E-state index contributed by atoms with van der Waals surface area (Å²) >= 11 is 37.8. The molecule has 2 amide bonds. The molecular formula is C41H34Cl6N6O4. The minimum absolute atomic E-state index is 0.0831. The Morgan fingerprint density at radius 1 is 0.632 bits per heavy atom. The smallest absolute Gasteiger partial charge is 0.328 e. The van der Waals surface area contributed by atoms with E-state index in [9.17, 15) is 14.4 Å². The molecule has 2 heterocycles. The summed E-state index contributed by atoms with van der Waals surface area (Å²) in [7, 11) is 1.25. The molecule has 0 aliphatic heterocycles. The molecule has 6 aromatic rings. The van der Waals surface area contributed by atoms with E-state index in [1.165, 1.54) is 7.11 Å². The van der Waals surface area contributed by atoms with Gasteiger partial charge in [-0.2, -0.15) is 10.2 Å². The van der Waals surface area contributed by atoms with Gasteiger partial charge in [0.1, 0.15) is 6.04 Å². The van der Waals surface area contributed by atoms with E-state index >= 15 is 0 Å². The second-order valence-corrected chi connectivity index (χ2v) is 15.5. The average molecular weight is 887 g/mol. The summed E-state index contributed by atoms with van der Waals surface area (Å²) in [6, 6.07) is 23.3. The number of benzene rings is 4.